The summed E-state index contributed by atoms with van der Waals surface area (Å²) in [5, 5.41) is 3.99. The van der Waals surface area contributed by atoms with Gasteiger partial charge in [0.1, 0.15) is 5.82 Å². The first-order valence-corrected chi connectivity index (χ1v) is 7.24. The monoisotopic (exact) mass is 296 g/mol. The Bertz CT molecular complexity index is 823. The lowest BCUT2D eigenvalue weighted by atomic mass is 10.1. The van der Waals surface area contributed by atoms with Gasteiger partial charge in [0.05, 0.1) is 0 Å². The summed E-state index contributed by atoms with van der Waals surface area (Å²) in [6.45, 7) is 2.18. The van der Waals surface area contributed by atoms with E-state index in [0.29, 0.717) is 17.7 Å². The van der Waals surface area contributed by atoms with Crippen LogP contribution in [0.15, 0.2) is 48.7 Å². The van der Waals surface area contributed by atoms with Crippen molar-refractivity contribution in [1.82, 2.24) is 10.3 Å². The van der Waals surface area contributed by atoms with Crippen LogP contribution in [0.1, 0.15) is 21.5 Å². The van der Waals surface area contributed by atoms with E-state index in [2.05, 4.69) is 16.4 Å². The number of halogens is 1. The second-order valence-corrected chi connectivity index (χ2v) is 5.33. The van der Waals surface area contributed by atoms with E-state index in [1.54, 1.807) is 19.1 Å². The number of aromatic amines is 1. The number of hydrogen-bond acceptors (Lipinski definition) is 1. The van der Waals surface area contributed by atoms with Crippen molar-refractivity contribution in [3.63, 3.8) is 0 Å². The number of nitrogens with one attached hydrogen (secondary N) is 2. The highest BCUT2D eigenvalue weighted by Crippen LogP contribution is 2.17. The minimum atomic E-state index is -0.357. The number of carbonyl (C=O) groups excluding carboxylic acids is 1. The van der Waals surface area contributed by atoms with Gasteiger partial charge in [-0.25, -0.2) is 4.39 Å². The number of amides is 1. The van der Waals surface area contributed by atoms with E-state index in [1.807, 2.05) is 24.4 Å². The fourth-order valence-corrected chi connectivity index (χ4v) is 2.49. The second kappa shape index (κ2) is 6.02. The molecule has 0 aliphatic heterocycles. The van der Waals surface area contributed by atoms with E-state index in [0.717, 1.165) is 22.9 Å². The molecule has 0 saturated heterocycles. The molecule has 0 spiro atoms. The summed E-state index contributed by atoms with van der Waals surface area (Å²) in [5.41, 5.74) is 3.13. The molecule has 2 N–H and O–H groups in total. The number of aromatic nitrogens is 1. The minimum Gasteiger partial charge on any atom is -0.361 e. The highest BCUT2D eigenvalue weighted by atomic mass is 19.1. The third-order valence-corrected chi connectivity index (χ3v) is 3.79. The lowest BCUT2D eigenvalue weighted by Crippen LogP contribution is -2.25. The molecule has 3 rings (SSSR count). The highest BCUT2D eigenvalue weighted by Gasteiger charge is 2.08. The number of hydrogen-bond donors (Lipinski definition) is 2. The number of carbonyl (C=O) groups is 1. The predicted octanol–water partition coefficient (Wildman–Crippen LogP) is 3.59. The van der Waals surface area contributed by atoms with Crippen molar-refractivity contribution in [2.75, 3.05) is 6.54 Å². The minimum absolute atomic E-state index is 0.251. The maximum atomic E-state index is 13.5. The standard InChI is InChI=1S/C18H17FN2O/c1-12-6-7-13(10-16(12)19)18(22)20-9-8-14-11-21-17-5-3-2-4-15(14)17/h2-7,10-11,21H,8-9H2,1H3,(H,20,22). The molecule has 2 aromatic carbocycles. The Morgan fingerprint density at radius 2 is 2.05 bits per heavy atom. The Balaban J connectivity index is 1.63. The highest BCUT2D eigenvalue weighted by molar-refractivity contribution is 5.94. The molecular formula is C18H17FN2O. The van der Waals surface area contributed by atoms with Crippen LogP contribution in [0.3, 0.4) is 0 Å². The van der Waals surface area contributed by atoms with E-state index in [9.17, 15) is 9.18 Å². The number of benzene rings is 2. The van der Waals surface area contributed by atoms with Crippen LogP contribution in [0.5, 0.6) is 0 Å². The van der Waals surface area contributed by atoms with Crippen molar-refractivity contribution in [1.29, 1.82) is 0 Å². The molecule has 0 atom stereocenters. The van der Waals surface area contributed by atoms with Crippen molar-refractivity contribution >= 4 is 16.8 Å². The van der Waals surface area contributed by atoms with Crippen LogP contribution < -0.4 is 5.32 Å². The van der Waals surface area contributed by atoms with Crippen LogP contribution in [-0.4, -0.2) is 17.4 Å². The van der Waals surface area contributed by atoms with Crippen LogP contribution >= 0.6 is 0 Å². The predicted molar refractivity (Wildman–Crippen MR) is 85.5 cm³/mol. The van der Waals surface area contributed by atoms with Gasteiger partial charge in [-0.2, -0.15) is 0 Å². The van der Waals surface area contributed by atoms with Gasteiger partial charge in [-0.15, -0.1) is 0 Å². The van der Waals surface area contributed by atoms with E-state index in [-0.39, 0.29) is 11.7 Å². The van der Waals surface area contributed by atoms with Gasteiger partial charge in [0.2, 0.25) is 0 Å². The Labute approximate surface area is 128 Å². The summed E-state index contributed by atoms with van der Waals surface area (Å²) < 4.78 is 13.5. The van der Waals surface area contributed by atoms with Gasteiger partial charge in [-0.1, -0.05) is 24.3 Å². The van der Waals surface area contributed by atoms with E-state index >= 15 is 0 Å². The topological polar surface area (TPSA) is 44.9 Å². The van der Waals surface area contributed by atoms with Gasteiger partial charge in [-0.3, -0.25) is 4.79 Å². The Hall–Kier alpha value is -2.62. The molecule has 1 heterocycles. The molecule has 3 aromatic rings. The van der Waals surface area contributed by atoms with Crippen LogP contribution in [0.4, 0.5) is 4.39 Å². The number of rotatable bonds is 4. The van der Waals surface area contributed by atoms with Crippen LogP contribution in [0, 0.1) is 12.7 Å². The molecule has 0 aliphatic rings. The SMILES string of the molecule is Cc1ccc(C(=O)NCCc2c[nH]c3ccccc23)cc1F. The Morgan fingerprint density at radius 1 is 1.23 bits per heavy atom. The number of aryl methyl sites for hydroxylation is 1. The normalized spacial score (nSPS) is 10.8. The van der Waals surface area contributed by atoms with E-state index in [1.165, 1.54) is 6.07 Å². The summed E-state index contributed by atoms with van der Waals surface area (Å²) >= 11 is 0. The average molecular weight is 296 g/mol. The van der Waals surface area contributed by atoms with Crippen LogP contribution in [-0.2, 0) is 6.42 Å². The quantitative estimate of drug-likeness (QED) is 0.759. The van der Waals surface area contributed by atoms with E-state index < -0.39 is 0 Å². The average Bonchev–Trinajstić information content (AvgIpc) is 2.93. The van der Waals surface area contributed by atoms with Gasteiger partial charge >= 0.3 is 0 Å². The molecule has 22 heavy (non-hydrogen) atoms. The number of para-hydroxylation sites is 1. The van der Waals surface area contributed by atoms with Gasteiger partial charge in [0.15, 0.2) is 0 Å². The first-order valence-electron chi connectivity index (χ1n) is 7.24. The molecular weight excluding hydrogens is 279 g/mol. The third kappa shape index (κ3) is 2.86. The number of H-pyrrole nitrogens is 1. The zero-order valence-corrected chi connectivity index (χ0v) is 12.3. The smallest absolute Gasteiger partial charge is 0.251 e. The summed E-state index contributed by atoms with van der Waals surface area (Å²) in [4.78, 5) is 15.2. The Morgan fingerprint density at radius 3 is 2.86 bits per heavy atom. The van der Waals surface area contributed by atoms with E-state index in [4.69, 9.17) is 0 Å². The van der Waals surface area contributed by atoms with Gasteiger partial charge in [0, 0.05) is 29.2 Å². The third-order valence-electron chi connectivity index (χ3n) is 3.79. The van der Waals surface area contributed by atoms with Crippen molar-refractivity contribution < 1.29 is 9.18 Å². The van der Waals surface area contributed by atoms with Gasteiger partial charge in [-0.05, 0) is 42.7 Å². The molecule has 4 heteroatoms. The maximum absolute atomic E-state index is 13.5. The first kappa shape index (κ1) is 14.3. The lowest BCUT2D eigenvalue weighted by Gasteiger charge is -2.06. The lowest BCUT2D eigenvalue weighted by molar-refractivity contribution is 0.0953. The van der Waals surface area contributed by atoms with Gasteiger partial charge < -0.3 is 10.3 Å². The molecule has 0 fully saturated rings. The molecule has 0 bridgehead atoms. The molecule has 0 unspecified atom stereocenters. The Kier molecular flexibility index (Phi) is 3.92. The molecule has 112 valence electrons. The largest absolute Gasteiger partial charge is 0.361 e. The zero-order valence-electron chi connectivity index (χ0n) is 12.3. The summed E-state index contributed by atoms with van der Waals surface area (Å²) in [6.07, 6.45) is 2.69. The molecule has 1 amide bonds. The van der Waals surface area contributed by atoms with Crippen molar-refractivity contribution in [3.8, 4) is 0 Å². The first-order chi connectivity index (χ1) is 10.6. The van der Waals surface area contributed by atoms with Crippen LogP contribution in [0.25, 0.3) is 10.9 Å². The summed E-state index contributed by atoms with van der Waals surface area (Å²) in [6, 6.07) is 12.6. The fraction of sp³-hybridized carbons (Fsp3) is 0.167. The zero-order chi connectivity index (χ0) is 15.5. The second-order valence-electron chi connectivity index (χ2n) is 5.33. The van der Waals surface area contributed by atoms with Crippen molar-refractivity contribution in [2.45, 2.75) is 13.3 Å². The van der Waals surface area contributed by atoms with Crippen LogP contribution in [0.2, 0.25) is 0 Å². The molecule has 0 aliphatic carbocycles. The molecule has 1 aromatic heterocycles. The van der Waals surface area contributed by atoms with Crippen molar-refractivity contribution in [2.24, 2.45) is 0 Å². The molecule has 0 radical (unpaired) electrons. The summed E-state index contributed by atoms with van der Waals surface area (Å²) in [5.74, 6) is -0.608. The molecule has 0 saturated carbocycles. The summed E-state index contributed by atoms with van der Waals surface area (Å²) in [7, 11) is 0. The molecule has 3 nitrogen and oxygen atoms in total. The maximum Gasteiger partial charge on any atom is 0.251 e. The van der Waals surface area contributed by atoms with Gasteiger partial charge in [0.25, 0.3) is 5.91 Å². The van der Waals surface area contributed by atoms with Crippen molar-refractivity contribution in [3.05, 3.63) is 71.2 Å². The fourth-order valence-electron chi connectivity index (χ4n) is 2.49. The number of fused-ring (bicyclic) bond motifs is 1.